The van der Waals surface area contributed by atoms with E-state index >= 15 is 0 Å². The Balaban J connectivity index is 1.76. The van der Waals surface area contributed by atoms with Gasteiger partial charge in [0.25, 0.3) is 0 Å². The third kappa shape index (κ3) is 2.72. The number of fused-ring (bicyclic) bond motifs is 1. The van der Waals surface area contributed by atoms with Crippen molar-refractivity contribution in [2.45, 2.75) is 19.8 Å². The molecule has 3 rings (SSSR count). The monoisotopic (exact) mass is 273 g/mol. The molecule has 20 heavy (non-hydrogen) atoms. The number of hydrogen-bond donors (Lipinski definition) is 1. The first-order valence-electron chi connectivity index (χ1n) is 7.57. The first-order chi connectivity index (χ1) is 9.75. The van der Waals surface area contributed by atoms with E-state index in [0.29, 0.717) is 6.54 Å². The van der Waals surface area contributed by atoms with Crippen LogP contribution in [-0.4, -0.2) is 50.1 Å². The molecule has 1 N–H and O–H groups in total. The van der Waals surface area contributed by atoms with Gasteiger partial charge in [-0.3, -0.25) is 9.69 Å². The van der Waals surface area contributed by atoms with Crippen LogP contribution in [0.25, 0.3) is 0 Å². The molecule has 108 valence electrons. The smallest absolute Gasteiger partial charge is 0.241 e. The highest BCUT2D eigenvalue weighted by Gasteiger charge is 2.25. The summed E-state index contributed by atoms with van der Waals surface area (Å²) >= 11 is 0. The Bertz CT molecular complexity index is 494. The van der Waals surface area contributed by atoms with E-state index < -0.39 is 0 Å². The summed E-state index contributed by atoms with van der Waals surface area (Å²) in [6, 6.07) is 6.36. The lowest BCUT2D eigenvalue weighted by Crippen LogP contribution is -2.49. The number of benzene rings is 1. The minimum atomic E-state index is 0.252. The number of piperazine rings is 1. The summed E-state index contributed by atoms with van der Waals surface area (Å²) in [5.41, 5.74) is 3.71. The fourth-order valence-corrected chi connectivity index (χ4v) is 3.24. The molecule has 0 unspecified atom stereocenters. The Labute approximate surface area is 120 Å². The summed E-state index contributed by atoms with van der Waals surface area (Å²) in [6.45, 7) is 7.44. The maximum Gasteiger partial charge on any atom is 0.241 e. The lowest BCUT2D eigenvalue weighted by molar-refractivity contribution is -0.120. The van der Waals surface area contributed by atoms with Crippen LogP contribution in [0.2, 0.25) is 0 Å². The lowest BCUT2D eigenvalue weighted by Gasteiger charge is -2.34. The van der Waals surface area contributed by atoms with E-state index in [0.717, 1.165) is 45.6 Å². The summed E-state index contributed by atoms with van der Waals surface area (Å²) in [7, 11) is 0. The molecule has 1 aromatic rings. The van der Waals surface area contributed by atoms with Gasteiger partial charge in [-0.2, -0.15) is 0 Å². The van der Waals surface area contributed by atoms with E-state index in [1.807, 2.05) is 4.90 Å². The van der Waals surface area contributed by atoms with Crippen molar-refractivity contribution < 1.29 is 4.79 Å². The lowest BCUT2D eigenvalue weighted by atomic mass is 9.98. The Hall–Kier alpha value is -1.39. The molecule has 2 aliphatic rings. The molecule has 0 aromatic heterocycles. The quantitative estimate of drug-likeness (QED) is 0.879. The van der Waals surface area contributed by atoms with E-state index in [1.54, 1.807) is 0 Å². The second kappa shape index (κ2) is 5.94. The van der Waals surface area contributed by atoms with Gasteiger partial charge in [-0.05, 0) is 30.9 Å². The van der Waals surface area contributed by atoms with Crippen molar-refractivity contribution in [2.75, 3.05) is 44.2 Å². The van der Waals surface area contributed by atoms with Gasteiger partial charge in [0.05, 0.1) is 6.54 Å². The average molecular weight is 273 g/mol. The summed E-state index contributed by atoms with van der Waals surface area (Å²) in [4.78, 5) is 16.9. The molecular weight excluding hydrogens is 250 g/mol. The molecular formula is C16H23N3O. The number of nitrogens with one attached hydrogen (secondary N) is 1. The largest absolute Gasteiger partial charge is 0.314 e. The number of carbonyl (C=O) groups is 1. The van der Waals surface area contributed by atoms with E-state index in [-0.39, 0.29) is 5.91 Å². The van der Waals surface area contributed by atoms with Gasteiger partial charge in [-0.25, -0.2) is 0 Å². The van der Waals surface area contributed by atoms with Gasteiger partial charge in [-0.15, -0.1) is 0 Å². The summed E-state index contributed by atoms with van der Waals surface area (Å²) in [5.74, 6) is 0.252. The molecule has 0 radical (unpaired) electrons. The average Bonchev–Trinajstić information content (AvgIpc) is 2.48. The van der Waals surface area contributed by atoms with Crippen LogP contribution in [0.5, 0.6) is 0 Å². The fraction of sp³-hybridized carbons (Fsp3) is 0.562. The van der Waals surface area contributed by atoms with Gasteiger partial charge in [0.2, 0.25) is 5.91 Å². The maximum atomic E-state index is 12.6. The van der Waals surface area contributed by atoms with Crippen molar-refractivity contribution in [2.24, 2.45) is 0 Å². The highest BCUT2D eigenvalue weighted by Crippen LogP contribution is 2.30. The number of anilines is 1. The summed E-state index contributed by atoms with van der Waals surface area (Å²) in [5, 5.41) is 3.33. The van der Waals surface area contributed by atoms with Crippen molar-refractivity contribution in [1.29, 1.82) is 0 Å². The number of amides is 1. The van der Waals surface area contributed by atoms with Gasteiger partial charge >= 0.3 is 0 Å². The van der Waals surface area contributed by atoms with Crippen LogP contribution in [0, 0.1) is 6.92 Å². The number of hydrogen-bond acceptors (Lipinski definition) is 3. The molecule has 1 aromatic carbocycles. The van der Waals surface area contributed by atoms with Crippen molar-refractivity contribution in [1.82, 2.24) is 10.2 Å². The minimum absolute atomic E-state index is 0.252. The van der Waals surface area contributed by atoms with Crippen LogP contribution >= 0.6 is 0 Å². The number of rotatable bonds is 2. The molecule has 2 heterocycles. The van der Waals surface area contributed by atoms with Gasteiger partial charge in [0.15, 0.2) is 0 Å². The number of aryl methyl sites for hydroxylation is 2. The second-order valence-electron chi connectivity index (χ2n) is 5.76. The van der Waals surface area contributed by atoms with Gasteiger partial charge < -0.3 is 10.2 Å². The van der Waals surface area contributed by atoms with Crippen molar-refractivity contribution >= 4 is 11.6 Å². The van der Waals surface area contributed by atoms with Crippen LogP contribution in [0.4, 0.5) is 5.69 Å². The molecule has 4 nitrogen and oxygen atoms in total. The molecule has 0 aliphatic carbocycles. The number of carbonyl (C=O) groups excluding carboxylic acids is 1. The third-order valence-corrected chi connectivity index (χ3v) is 4.29. The minimum Gasteiger partial charge on any atom is -0.314 e. The van der Waals surface area contributed by atoms with Crippen LogP contribution in [-0.2, 0) is 11.2 Å². The first-order valence-corrected chi connectivity index (χ1v) is 7.57. The van der Waals surface area contributed by atoms with Crippen molar-refractivity contribution in [3.63, 3.8) is 0 Å². The third-order valence-electron chi connectivity index (χ3n) is 4.29. The normalized spacial score (nSPS) is 19.8. The molecule has 1 fully saturated rings. The number of nitrogens with zero attached hydrogens (tertiary/aromatic N) is 2. The van der Waals surface area contributed by atoms with Gasteiger partial charge in [0, 0.05) is 38.4 Å². The van der Waals surface area contributed by atoms with Gasteiger partial charge in [0.1, 0.15) is 0 Å². The molecule has 2 aliphatic heterocycles. The summed E-state index contributed by atoms with van der Waals surface area (Å²) < 4.78 is 0. The molecule has 0 saturated carbocycles. The molecule has 0 bridgehead atoms. The van der Waals surface area contributed by atoms with E-state index in [4.69, 9.17) is 0 Å². The fourth-order valence-electron chi connectivity index (χ4n) is 3.24. The van der Waals surface area contributed by atoms with Crippen LogP contribution < -0.4 is 10.2 Å². The van der Waals surface area contributed by atoms with Crippen molar-refractivity contribution in [3.8, 4) is 0 Å². The zero-order chi connectivity index (χ0) is 13.9. The van der Waals surface area contributed by atoms with E-state index in [9.17, 15) is 4.79 Å². The molecule has 1 amide bonds. The predicted octanol–water partition coefficient (Wildman–Crippen LogP) is 1.18. The zero-order valence-corrected chi connectivity index (χ0v) is 12.2. The van der Waals surface area contributed by atoms with Crippen LogP contribution in [0.1, 0.15) is 17.5 Å². The highest BCUT2D eigenvalue weighted by atomic mass is 16.2. The van der Waals surface area contributed by atoms with Crippen LogP contribution in [0.3, 0.4) is 0 Å². The Morgan fingerprint density at radius 2 is 2.05 bits per heavy atom. The molecule has 0 spiro atoms. The predicted molar refractivity (Wildman–Crippen MR) is 81.2 cm³/mol. The molecule has 0 atom stereocenters. The summed E-state index contributed by atoms with van der Waals surface area (Å²) in [6.07, 6.45) is 2.16. The Kier molecular flexibility index (Phi) is 4.03. The Morgan fingerprint density at radius 1 is 1.25 bits per heavy atom. The first kappa shape index (κ1) is 13.6. The molecule has 1 saturated heterocycles. The van der Waals surface area contributed by atoms with E-state index in [1.165, 1.54) is 16.8 Å². The van der Waals surface area contributed by atoms with Crippen molar-refractivity contribution in [3.05, 3.63) is 29.3 Å². The second-order valence-corrected chi connectivity index (χ2v) is 5.76. The van der Waals surface area contributed by atoms with E-state index in [2.05, 4.69) is 35.3 Å². The maximum absolute atomic E-state index is 12.6. The molecule has 4 heteroatoms. The topological polar surface area (TPSA) is 35.6 Å². The Morgan fingerprint density at radius 3 is 2.85 bits per heavy atom. The highest BCUT2D eigenvalue weighted by molar-refractivity contribution is 5.96. The van der Waals surface area contributed by atoms with Crippen LogP contribution in [0.15, 0.2) is 18.2 Å². The number of para-hydroxylation sites is 1. The van der Waals surface area contributed by atoms with Gasteiger partial charge in [-0.1, -0.05) is 18.2 Å². The standard InChI is InChI=1S/C16H23N3O/c1-13-4-2-5-14-6-3-9-19(16(13)14)15(20)12-18-10-7-17-8-11-18/h2,4-5,17H,3,6-12H2,1H3. The SMILES string of the molecule is Cc1cccc2c1N(C(=O)CN1CCNCC1)CCC2. The zero-order valence-electron chi connectivity index (χ0n) is 12.2.